The van der Waals surface area contributed by atoms with Gasteiger partial charge in [0.05, 0.1) is 17.6 Å². The van der Waals surface area contributed by atoms with Gasteiger partial charge in [-0.15, -0.1) is 0 Å². The first-order valence-corrected chi connectivity index (χ1v) is 9.16. The number of hydrogen-bond acceptors (Lipinski definition) is 3. The van der Waals surface area contributed by atoms with E-state index in [1.165, 1.54) is 0 Å². The summed E-state index contributed by atoms with van der Waals surface area (Å²) in [6, 6.07) is 20.6. The molecule has 2 aromatic heterocycles. The maximum Gasteiger partial charge on any atom is 0.297 e. The first kappa shape index (κ1) is 18.1. The van der Waals surface area contributed by atoms with Gasteiger partial charge in [-0.05, 0) is 55.5 Å². The second-order valence-electron chi connectivity index (χ2n) is 6.38. The summed E-state index contributed by atoms with van der Waals surface area (Å²) in [4.78, 5) is 17.3. The van der Waals surface area contributed by atoms with Gasteiger partial charge < -0.3 is 4.42 Å². The maximum atomic E-state index is 12.9. The summed E-state index contributed by atoms with van der Waals surface area (Å²) in [5.41, 5.74) is 2.70. The zero-order chi connectivity index (χ0) is 19.7. The van der Waals surface area contributed by atoms with Crippen LogP contribution in [0.25, 0.3) is 17.0 Å². The molecular weight excluding hydrogens is 374 g/mol. The molecule has 0 saturated heterocycles. The molecule has 2 heterocycles. The molecule has 0 aliphatic carbocycles. The third-order valence-electron chi connectivity index (χ3n) is 4.60. The Morgan fingerprint density at radius 3 is 2.43 bits per heavy atom. The van der Waals surface area contributed by atoms with Gasteiger partial charge in [0.1, 0.15) is 11.5 Å². The first-order chi connectivity index (χ1) is 13.5. The number of nitrogens with zero attached hydrogens (tertiary/aromatic N) is 3. The molecule has 4 rings (SSSR count). The number of hydrogen-bond donors (Lipinski definition) is 0. The molecule has 6 heteroatoms. The molecule has 0 amide bonds. The molecule has 0 radical (unpaired) electrons. The molecule has 0 spiro atoms. The van der Waals surface area contributed by atoms with Crippen molar-refractivity contribution in [1.29, 1.82) is 0 Å². The topological polar surface area (TPSA) is 52.4 Å². The van der Waals surface area contributed by atoms with Crippen molar-refractivity contribution in [2.45, 2.75) is 6.92 Å². The summed E-state index contributed by atoms with van der Waals surface area (Å²) in [5.74, 6) is 1.28. The van der Waals surface area contributed by atoms with Crippen molar-refractivity contribution in [3.8, 4) is 17.0 Å². The van der Waals surface area contributed by atoms with Crippen LogP contribution in [0.2, 0.25) is 5.02 Å². The van der Waals surface area contributed by atoms with Crippen LogP contribution in [0.3, 0.4) is 0 Å². The van der Waals surface area contributed by atoms with Crippen molar-refractivity contribution in [1.82, 2.24) is 9.36 Å². The van der Waals surface area contributed by atoms with Crippen molar-refractivity contribution in [2.75, 3.05) is 0 Å². The Morgan fingerprint density at radius 1 is 1.00 bits per heavy atom. The number of para-hydroxylation sites is 1. The van der Waals surface area contributed by atoms with E-state index in [-0.39, 0.29) is 5.56 Å². The lowest BCUT2D eigenvalue weighted by Gasteiger charge is -2.07. The smallest absolute Gasteiger partial charge is 0.297 e. The Hall–Kier alpha value is -3.31. The van der Waals surface area contributed by atoms with Crippen LogP contribution in [-0.2, 0) is 7.05 Å². The van der Waals surface area contributed by atoms with Crippen molar-refractivity contribution >= 4 is 23.5 Å². The molecule has 0 atom stereocenters. The van der Waals surface area contributed by atoms with Crippen LogP contribution in [0.4, 0.5) is 5.69 Å². The Morgan fingerprint density at radius 2 is 1.71 bits per heavy atom. The Bertz CT molecular complexity index is 1200. The lowest BCUT2D eigenvalue weighted by molar-refractivity contribution is 0.575. The van der Waals surface area contributed by atoms with E-state index in [1.807, 2.05) is 80.7 Å². The van der Waals surface area contributed by atoms with E-state index < -0.39 is 0 Å². The third kappa shape index (κ3) is 3.32. The molecule has 28 heavy (non-hydrogen) atoms. The minimum atomic E-state index is -0.174. The average molecular weight is 392 g/mol. The predicted molar refractivity (Wildman–Crippen MR) is 112 cm³/mol. The van der Waals surface area contributed by atoms with E-state index in [0.717, 1.165) is 16.9 Å². The lowest BCUT2D eigenvalue weighted by Crippen LogP contribution is -2.19. The van der Waals surface area contributed by atoms with Gasteiger partial charge in [0.25, 0.3) is 5.56 Å². The summed E-state index contributed by atoms with van der Waals surface area (Å²) in [6.07, 6.45) is 1.57. The molecule has 0 aliphatic heterocycles. The fraction of sp³-hybridized carbons (Fsp3) is 0.0909. The predicted octanol–water partition coefficient (Wildman–Crippen LogP) is 5.15. The van der Waals surface area contributed by atoms with Crippen LogP contribution in [-0.4, -0.2) is 15.6 Å². The van der Waals surface area contributed by atoms with Crippen LogP contribution >= 0.6 is 11.6 Å². The van der Waals surface area contributed by atoms with E-state index in [0.29, 0.717) is 22.2 Å². The van der Waals surface area contributed by atoms with Crippen LogP contribution in [0.1, 0.15) is 11.5 Å². The number of aromatic nitrogens is 2. The van der Waals surface area contributed by atoms with Gasteiger partial charge >= 0.3 is 0 Å². The van der Waals surface area contributed by atoms with E-state index >= 15 is 0 Å². The zero-order valence-corrected chi connectivity index (χ0v) is 16.2. The second-order valence-corrected chi connectivity index (χ2v) is 6.81. The molecule has 0 bridgehead atoms. The Kier molecular flexibility index (Phi) is 4.75. The van der Waals surface area contributed by atoms with Crippen LogP contribution in [0.5, 0.6) is 0 Å². The van der Waals surface area contributed by atoms with Crippen molar-refractivity contribution in [3.63, 3.8) is 0 Å². The van der Waals surface area contributed by atoms with E-state index in [4.69, 9.17) is 16.0 Å². The van der Waals surface area contributed by atoms with E-state index in [2.05, 4.69) is 4.99 Å². The van der Waals surface area contributed by atoms with Crippen LogP contribution in [0, 0.1) is 6.92 Å². The molecule has 0 aliphatic rings. The highest BCUT2D eigenvalue weighted by Crippen LogP contribution is 2.24. The lowest BCUT2D eigenvalue weighted by atomic mass is 10.2. The number of furan rings is 1. The van der Waals surface area contributed by atoms with Crippen LogP contribution < -0.4 is 5.56 Å². The fourth-order valence-corrected chi connectivity index (χ4v) is 3.15. The molecule has 5 nitrogen and oxygen atoms in total. The number of halogens is 1. The molecule has 4 aromatic rings. The highest BCUT2D eigenvalue weighted by atomic mass is 35.5. The van der Waals surface area contributed by atoms with E-state index in [9.17, 15) is 4.79 Å². The minimum Gasteiger partial charge on any atom is -0.455 e. The third-order valence-corrected chi connectivity index (χ3v) is 4.85. The van der Waals surface area contributed by atoms with Gasteiger partial charge in [0.2, 0.25) is 0 Å². The summed E-state index contributed by atoms with van der Waals surface area (Å²) in [6.45, 7) is 1.87. The summed E-state index contributed by atoms with van der Waals surface area (Å²) >= 11 is 5.93. The quantitative estimate of drug-likeness (QED) is 0.452. The highest BCUT2D eigenvalue weighted by molar-refractivity contribution is 6.30. The molecule has 0 fully saturated rings. The van der Waals surface area contributed by atoms with Gasteiger partial charge in [-0.25, -0.2) is 9.67 Å². The first-order valence-electron chi connectivity index (χ1n) is 8.78. The summed E-state index contributed by atoms with van der Waals surface area (Å²) < 4.78 is 9.22. The summed E-state index contributed by atoms with van der Waals surface area (Å²) in [5, 5.41) is 0.673. The van der Waals surface area contributed by atoms with Crippen molar-refractivity contribution < 1.29 is 4.42 Å². The molecule has 0 unspecified atom stereocenters. The van der Waals surface area contributed by atoms with Gasteiger partial charge in [-0.1, -0.05) is 29.8 Å². The Labute approximate surface area is 167 Å². The SMILES string of the molecule is Cc1c(N=Cc2ccc(-c3ccc(Cl)cc3)o2)c(=O)n(-c2ccccc2)n1C. The van der Waals surface area contributed by atoms with Crippen molar-refractivity contribution in [3.05, 3.63) is 93.6 Å². The van der Waals surface area contributed by atoms with Gasteiger partial charge in [-0.2, -0.15) is 0 Å². The molecular formula is C22H18ClN3O2. The van der Waals surface area contributed by atoms with Crippen LogP contribution in [0.15, 0.2) is 80.9 Å². The number of aliphatic imine (C=N–C) groups is 1. The number of benzene rings is 2. The van der Waals surface area contributed by atoms with Gasteiger partial charge in [0, 0.05) is 17.6 Å². The molecule has 140 valence electrons. The standard InChI is InChI=1S/C22H18ClN3O2/c1-15-21(22(27)26(25(15)2)18-6-4-3-5-7-18)24-14-19-12-13-20(28-19)16-8-10-17(23)11-9-16/h3-14H,1-2H3. The minimum absolute atomic E-state index is 0.174. The van der Waals surface area contributed by atoms with Gasteiger partial charge in [-0.3, -0.25) is 9.48 Å². The normalized spacial score (nSPS) is 11.4. The second kappa shape index (κ2) is 7.37. The largest absolute Gasteiger partial charge is 0.455 e. The zero-order valence-electron chi connectivity index (χ0n) is 15.5. The van der Waals surface area contributed by atoms with Crippen molar-refractivity contribution in [2.24, 2.45) is 12.0 Å². The maximum absolute atomic E-state index is 12.9. The average Bonchev–Trinajstić information content (AvgIpc) is 3.25. The molecule has 0 N–H and O–H groups in total. The molecule has 0 saturated carbocycles. The van der Waals surface area contributed by atoms with Gasteiger partial charge in [0.15, 0.2) is 5.69 Å². The fourth-order valence-electron chi connectivity index (χ4n) is 3.02. The van der Waals surface area contributed by atoms with E-state index in [1.54, 1.807) is 15.6 Å². The monoisotopic (exact) mass is 391 g/mol. The molecule has 2 aromatic carbocycles. The number of rotatable bonds is 4. The Balaban J connectivity index is 1.66. The highest BCUT2D eigenvalue weighted by Gasteiger charge is 2.15. The summed E-state index contributed by atoms with van der Waals surface area (Å²) in [7, 11) is 1.84.